The van der Waals surface area contributed by atoms with E-state index < -0.39 is 37.1 Å². The van der Waals surface area contributed by atoms with Gasteiger partial charge in [0.1, 0.15) is 30.5 Å². The predicted octanol–water partition coefficient (Wildman–Crippen LogP) is -0.0642. The van der Waals surface area contributed by atoms with Crippen LogP contribution in [0, 0.1) is 0 Å². The van der Waals surface area contributed by atoms with Crippen LogP contribution in [0.15, 0.2) is 29.3 Å². The first-order valence-corrected chi connectivity index (χ1v) is 6.48. The molecule has 0 spiro atoms. The highest BCUT2D eigenvalue weighted by molar-refractivity contribution is 7.78. The molecule has 0 unspecified atom stereocenters. The van der Waals surface area contributed by atoms with Crippen LogP contribution in [0.25, 0.3) is 0 Å². The Hall–Kier alpha value is -1.18. The van der Waals surface area contributed by atoms with E-state index in [1.807, 2.05) is 0 Å². The lowest BCUT2D eigenvalue weighted by molar-refractivity contribution is -0.231. The zero-order valence-corrected chi connectivity index (χ0v) is 11.3. The van der Waals surface area contributed by atoms with Crippen molar-refractivity contribution in [2.45, 2.75) is 30.5 Å². The number of hydrogen-bond acceptors (Lipinski definition) is 7. The number of rotatable bonds is 3. The van der Waals surface area contributed by atoms with Crippen LogP contribution >= 0.6 is 12.2 Å². The van der Waals surface area contributed by atoms with Gasteiger partial charge in [-0.05, 0) is 18.3 Å². The summed E-state index contributed by atoms with van der Waals surface area (Å²) < 4.78 is 5.47. The van der Waals surface area contributed by atoms with Crippen LogP contribution in [-0.4, -0.2) is 56.6 Å². The Labute approximate surface area is 121 Å². The minimum absolute atomic E-state index is 0.451. The Balaban J connectivity index is 2.38. The van der Waals surface area contributed by atoms with E-state index in [0.717, 1.165) is 0 Å². The van der Waals surface area contributed by atoms with Gasteiger partial charge in [-0.2, -0.15) is 4.99 Å². The van der Waals surface area contributed by atoms with Crippen molar-refractivity contribution in [3.05, 3.63) is 29.8 Å². The molecule has 0 aliphatic carbocycles. The van der Waals surface area contributed by atoms with Gasteiger partial charge in [-0.3, -0.25) is 0 Å². The number of hydrogen-bond donors (Lipinski definition) is 4. The van der Waals surface area contributed by atoms with Crippen molar-refractivity contribution in [3.8, 4) is 0 Å². The molecule has 108 valence electrons. The maximum atomic E-state index is 10.1. The fourth-order valence-corrected chi connectivity index (χ4v) is 2.34. The lowest BCUT2D eigenvalue weighted by atomic mass is 9.90. The van der Waals surface area contributed by atoms with Gasteiger partial charge in [0.05, 0.1) is 17.5 Å². The largest absolute Gasteiger partial charge is 0.394 e. The van der Waals surface area contributed by atoms with Gasteiger partial charge in [0.2, 0.25) is 0 Å². The fourth-order valence-electron chi connectivity index (χ4n) is 2.24. The zero-order chi connectivity index (χ0) is 14.7. The zero-order valence-electron chi connectivity index (χ0n) is 10.5. The van der Waals surface area contributed by atoms with Gasteiger partial charge in [0, 0.05) is 5.56 Å². The second-order valence-corrected chi connectivity index (χ2v) is 4.69. The molecule has 1 fully saturated rings. The molecule has 1 saturated heterocycles. The third kappa shape index (κ3) is 2.79. The highest BCUT2D eigenvalue weighted by atomic mass is 32.1. The van der Waals surface area contributed by atoms with Gasteiger partial charge in [-0.1, -0.05) is 18.2 Å². The second-order valence-electron chi connectivity index (χ2n) is 4.51. The maximum absolute atomic E-state index is 10.1. The first-order chi connectivity index (χ1) is 9.60. The number of aliphatic imine (C=N–C) groups is 1. The number of benzene rings is 1. The van der Waals surface area contributed by atoms with Crippen molar-refractivity contribution >= 4 is 23.1 Å². The van der Waals surface area contributed by atoms with Gasteiger partial charge >= 0.3 is 0 Å². The number of para-hydroxylation sites is 1. The van der Waals surface area contributed by atoms with Crippen LogP contribution in [0.5, 0.6) is 0 Å². The predicted molar refractivity (Wildman–Crippen MR) is 73.8 cm³/mol. The van der Waals surface area contributed by atoms with E-state index in [4.69, 9.17) is 4.74 Å². The summed E-state index contributed by atoms with van der Waals surface area (Å²) in [5, 5.41) is 41.0. The smallest absolute Gasteiger partial charge is 0.114 e. The van der Waals surface area contributed by atoms with E-state index in [0.29, 0.717) is 11.3 Å². The fraction of sp³-hybridized carbons (Fsp3) is 0.462. The molecule has 20 heavy (non-hydrogen) atoms. The monoisotopic (exact) mass is 297 g/mol. The molecule has 6 nitrogen and oxygen atoms in total. The Morgan fingerprint density at radius 1 is 1.15 bits per heavy atom. The molecule has 0 amide bonds. The van der Waals surface area contributed by atoms with Crippen molar-refractivity contribution < 1.29 is 25.2 Å². The van der Waals surface area contributed by atoms with Gasteiger partial charge in [0.15, 0.2) is 0 Å². The minimum atomic E-state index is -1.42. The van der Waals surface area contributed by atoms with Gasteiger partial charge in [-0.15, -0.1) is 0 Å². The summed E-state index contributed by atoms with van der Waals surface area (Å²) >= 11 is 4.56. The second kappa shape index (κ2) is 6.51. The summed E-state index contributed by atoms with van der Waals surface area (Å²) in [6.07, 6.45) is -6.02. The van der Waals surface area contributed by atoms with Crippen molar-refractivity contribution in [2.75, 3.05) is 6.61 Å². The maximum Gasteiger partial charge on any atom is 0.114 e. The van der Waals surface area contributed by atoms with Crippen LogP contribution in [0.3, 0.4) is 0 Å². The average Bonchev–Trinajstić information content (AvgIpc) is 2.47. The van der Waals surface area contributed by atoms with Gasteiger partial charge in [0.25, 0.3) is 0 Å². The Morgan fingerprint density at radius 2 is 1.85 bits per heavy atom. The van der Waals surface area contributed by atoms with Crippen molar-refractivity contribution in [3.63, 3.8) is 0 Å². The van der Waals surface area contributed by atoms with Crippen LogP contribution in [-0.2, 0) is 4.74 Å². The average molecular weight is 297 g/mol. The molecular weight excluding hydrogens is 282 g/mol. The lowest BCUT2D eigenvalue weighted by Gasteiger charge is -2.40. The van der Waals surface area contributed by atoms with Gasteiger partial charge in [-0.25, -0.2) is 0 Å². The molecule has 2 rings (SSSR count). The highest BCUT2D eigenvalue weighted by Crippen LogP contribution is 2.36. The van der Waals surface area contributed by atoms with E-state index in [-0.39, 0.29) is 0 Å². The normalized spacial score (nSPS) is 33.5. The topological polar surface area (TPSA) is 103 Å². The number of aliphatic hydroxyl groups excluding tert-OH is 4. The lowest BCUT2D eigenvalue weighted by Crippen LogP contribution is -2.55. The van der Waals surface area contributed by atoms with E-state index in [1.54, 1.807) is 24.3 Å². The number of ether oxygens (including phenoxy) is 1. The summed E-state index contributed by atoms with van der Waals surface area (Å²) in [6.45, 7) is -0.472. The molecule has 1 heterocycles. The van der Waals surface area contributed by atoms with E-state index >= 15 is 0 Å². The highest BCUT2D eigenvalue weighted by Gasteiger charge is 2.44. The van der Waals surface area contributed by atoms with Gasteiger partial charge < -0.3 is 25.2 Å². The number of thiocarbonyl (C=S) groups is 1. The molecule has 0 radical (unpaired) electrons. The first-order valence-electron chi connectivity index (χ1n) is 6.07. The summed E-state index contributed by atoms with van der Waals surface area (Å²) in [6, 6.07) is 6.78. The Morgan fingerprint density at radius 3 is 2.50 bits per heavy atom. The summed E-state index contributed by atoms with van der Waals surface area (Å²) in [7, 11) is 0. The molecule has 5 atom stereocenters. The molecule has 0 bridgehead atoms. The van der Waals surface area contributed by atoms with Crippen molar-refractivity contribution in [1.82, 2.24) is 0 Å². The molecule has 0 saturated carbocycles. The quantitative estimate of drug-likeness (QED) is 0.460. The Bertz CT molecular complexity index is 517. The van der Waals surface area contributed by atoms with E-state index in [1.165, 1.54) is 0 Å². The molecule has 7 heteroatoms. The van der Waals surface area contributed by atoms with Crippen molar-refractivity contribution in [2.24, 2.45) is 4.99 Å². The molecule has 1 aliphatic rings. The van der Waals surface area contributed by atoms with Crippen LogP contribution in [0.2, 0.25) is 0 Å². The molecule has 0 aromatic heterocycles. The molecule has 1 aliphatic heterocycles. The Kier molecular flexibility index (Phi) is 4.95. The minimum Gasteiger partial charge on any atom is -0.394 e. The number of aliphatic hydroxyl groups is 4. The van der Waals surface area contributed by atoms with Crippen LogP contribution < -0.4 is 0 Å². The number of isothiocyanates is 1. The summed E-state index contributed by atoms with van der Waals surface area (Å²) in [5.74, 6) is 0. The van der Waals surface area contributed by atoms with Crippen LogP contribution in [0.4, 0.5) is 5.69 Å². The molecule has 1 aromatic carbocycles. The molecule has 1 aromatic rings. The first kappa shape index (κ1) is 15.2. The molecular formula is C13H15NO5S. The standard InChI is InChI=1S/C13H15NO5S/c15-5-9-10(16)11(17)12(18)13(19-9)7-3-1-2-4-8(7)14-6-20/h1-4,9-13,15-18H,5H2/t9-,10-,11+,12-,13-/m1/s1. The van der Waals surface area contributed by atoms with E-state index in [2.05, 4.69) is 22.4 Å². The van der Waals surface area contributed by atoms with Crippen molar-refractivity contribution in [1.29, 1.82) is 0 Å². The third-order valence-electron chi connectivity index (χ3n) is 3.30. The number of nitrogens with zero attached hydrogens (tertiary/aromatic N) is 1. The SMILES string of the molecule is OC[C@H]1O[C@H](c2ccccc2N=C=S)[C@H](O)[C@@H](O)[C@@H]1O. The third-order valence-corrected chi connectivity index (χ3v) is 3.39. The van der Waals surface area contributed by atoms with E-state index in [9.17, 15) is 20.4 Å². The van der Waals surface area contributed by atoms with Crippen LogP contribution in [0.1, 0.15) is 11.7 Å². The summed E-state index contributed by atoms with van der Waals surface area (Å²) in [4.78, 5) is 3.88. The molecule has 4 N–H and O–H groups in total. The summed E-state index contributed by atoms with van der Waals surface area (Å²) in [5.41, 5.74) is 0.952.